The second kappa shape index (κ2) is 6.04. The van der Waals surface area contributed by atoms with Crippen molar-refractivity contribution < 1.29 is 10.2 Å². The Morgan fingerprint density at radius 3 is 2.48 bits per heavy atom. The molecule has 0 aromatic rings. The van der Waals surface area contributed by atoms with E-state index >= 15 is 0 Å². The average Bonchev–Trinajstić information content (AvgIpc) is 2.53. The summed E-state index contributed by atoms with van der Waals surface area (Å²) in [7, 11) is 0. The highest BCUT2D eigenvalue weighted by Gasteiger charge is 2.55. The van der Waals surface area contributed by atoms with Crippen molar-refractivity contribution >= 4 is 0 Å². The summed E-state index contributed by atoms with van der Waals surface area (Å²) in [6, 6.07) is 0. The molecule has 2 nitrogen and oxygen atoms in total. The first kappa shape index (κ1) is 17.2. The maximum absolute atomic E-state index is 10.0. The highest BCUT2D eigenvalue weighted by atomic mass is 16.3. The Bertz CT molecular complexity index is 518. The van der Waals surface area contributed by atoms with Gasteiger partial charge >= 0.3 is 0 Å². The molecule has 3 aliphatic rings. The zero-order valence-electron chi connectivity index (χ0n) is 15.3. The fourth-order valence-electron chi connectivity index (χ4n) is 6.17. The summed E-state index contributed by atoms with van der Waals surface area (Å²) in [6.45, 7) is 9.68. The van der Waals surface area contributed by atoms with Gasteiger partial charge in [-0.1, -0.05) is 46.3 Å². The molecule has 0 aromatic carbocycles. The van der Waals surface area contributed by atoms with Gasteiger partial charge in [-0.15, -0.1) is 0 Å². The van der Waals surface area contributed by atoms with E-state index in [1.807, 2.05) is 0 Å². The predicted molar refractivity (Wildman–Crippen MR) is 94.9 cm³/mol. The molecule has 3 rings (SSSR count). The van der Waals surface area contributed by atoms with Crippen molar-refractivity contribution in [2.24, 2.45) is 34.5 Å². The van der Waals surface area contributed by atoms with E-state index in [0.717, 1.165) is 12.0 Å². The standard InChI is InChI=1S/C21H34O2/c1-14(2)17-10-15-6-7-19-20(3,13-23)8-5-9-21(19,4)18(15)11-16(17)12-22/h10-11,14-15,18-19,22-23H,5-9,12-13H2,1-4H3. The number of hydrogen-bond donors (Lipinski definition) is 2. The van der Waals surface area contributed by atoms with Crippen molar-refractivity contribution in [3.63, 3.8) is 0 Å². The van der Waals surface area contributed by atoms with E-state index in [4.69, 9.17) is 0 Å². The molecule has 2 saturated carbocycles. The predicted octanol–water partition coefficient (Wildman–Crippen LogP) is 4.33. The molecule has 0 aromatic heterocycles. The summed E-state index contributed by atoms with van der Waals surface area (Å²) in [5, 5.41) is 19.9. The van der Waals surface area contributed by atoms with E-state index in [0.29, 0.717) is 30.3 Å². The van der Waals surface area contributed by atoms with Crippen LogP contribution in [0.25, 0.3) is 0 Å². The molecule has 0 heterocycles. The third-order valence-electron chi connectivity index (χ3n) is 7.41. The summed E-state index contributed by atoms with van der Waals surface area (Å²) < 4.78 is 0. The zero-order valence-corrected chi connectivity index (χ0v) is 15.3. The van der Waals surface area contributed by atoms with Crippen molar-refractivity contribution in [2.75, 3.05) is 13.2 Å². The SMILES string of the molecule is CC(C)C1=CC2CCC3C(C)(CO)CCCC3(C)C2C=C1CO. The van der Waals surface area contributed by atoms with E-state index in [1.54, 1.807) is 0 Å². The molecule has 2 N–H and O–H groups in total. The summed E-state index contributed by atoms with van der Waals surface area (Å²) in [5.41, 5.74) is 2.85. The number of aliphatic hydroxyl groups is 2. The quantitative estimate of drug-likeness (QED) is 0.813. The lowest BCUT2D eigenvalue weighted by atomic mass is 9.45. The Labute approximate surface area is 141 Å². The molecule has 0 amide bonds. The van der Waals surface area contributed by atoms with E-state index in [2.05, 4.69) is 39.8 Å². The molecule has 3 aliphatic carbocycles. The van der Waals surface area contributed by atoms with Gasteiger partial charge in [0.2, 0.25) is 0 Å². The van der Waals surface area contributed by atoms with Crippen LogP contribution in [-0.4, -0.2) is 23.4 Å². The molecule has 0 aliphatic heterocycles. The summed E-state index contributed by atoms with van der Waals surface area (Å²) >= 11 is 0. The molecule has 0 bridgehead atoms. The Balaban J connectivity index is 1.99. The Hall–Kier alpha value is -0.600. The lowest BCUT2D eigenvalue weighted by Crippen LogP contribution is -2.53. The first-order valence-electron chi connectivity index (χ1n) is 9.50. The molecule has 23 heavy (non-hydrogen) atoms. The maximum atomic E-state index is 10.0. The fourth-order valence-corrected chi connectivity index (χ4v) is 6.17. The van der Waals surface area contributed by atoms with Gasteiger partial charge in [0.05, 0.1) is 6.61 Å². The molecular weight excluding hydrogens is 284 g/mol. The van der Waals surface area contributed by atoms with E-state index in [9.17, 15) is 10.2 Å². The Kier molecular flexibility index (Phi) is 4.52. The monoisotopic (exact) mass is 318 g/mol. The van der Waals surface area contributed by atoms with Gasteiger partial charge in [0, 0.05) is 6.61 Å². The highest BCUT2D eigenvalue weighted by molar-refractivity contribution is 5.39. The summed E-state index contributed by atoms with van der Waals surface area (Å²) in [5.74, 6) is 2.22. The first-order valence-corrected chi connectivity index (χ1v) is 9.50. The van der Waals surface area contributed by atoms with Crippen LogP contribution in [0.1, 0.15) is 59.8 Å². The number of fused-ring (bicyclic) bond motifs is 3. The summed E-state index contributed by atoms with van der Waals surface area (Å²) in [6.07, 6.45) is 11.0. The van der Waals surface area contributed by atoms with Gasteiger partial charge < -0.3 is 10.2 Å². The molecule has 0 saturated heterocycles. The largest absolute Gasteiger partial charge is 0.396 e. The van der Waals surface area contributed by atoms with Crippen LogP contribution in [0.15, 0.2) is 23.3 Å². The molecule has 5 atom stereocenters. The minimum absolute atomic E-state index is 0.0766. The van der Waals surface area contributed by atoms with Crippen molar-refractivity contribution in [2.45, 2.75) is 59.8 Å². The van der Waals surface area contributed by atoms with Crippen LogP contribution in [0.2, 0.25) is 0 Å². The Morgan fingerprint density at radius 1 is 1.13 bits per heavy atom. The van der Waals surface area contributed by atoms with Crippen LogP contribution in [0.4, 0.5) is 0 Å². The number of aliphatic hydroxyl groups excluding tert-OH is 2. The van der Waals surface area contributed by atoms with Crippen LogP contribution < -0.4 is 0 Å². The molecule has 2 heteroatoms. The van der Waals surface area contributed by atoms with Gasteiger partial charge in [-0.05, 0) is 71.3 Å². The van der Waals surface area contributed by atoms with Crippen LogP contribution >= 0.6 is 0 Å². The minimum Gasteiger partial charge on any atom is -0.396 e. The third kappa shape index (κ3) is 2.62. The summed E-state index contributed by atoms with van der Waals surface area (Å²) in [4.78, 5) is 0. The maximum Gasteiger partial charge on any atom is 0.0681 e. The van der Waals surface area contributed by atoms with Gasteiger partial charge in [-0.25, -0.2) is 0 Å². The van der Waals surface area contributed by atoms with E-state index in [1.165, 1.54) is 31.3 Å². The van der Waals surface area contributed by atoms with Crippen molar-refractivity contribution in [3.05, 3.63) is 23.3 Å². The van der Waals surface area contributed by atoms with Crippen molar-refractivity contribution in [1.82, 2.24) is 0 Å². The smallest absolute Gasteiger partial charge is 0.0681 e. The van der Waals surface area contributed by atoms with Crippen molar-refractivity contribution in [1.29, 1.82) is 0 Å². The Morgan fingerprint density at radius 2 is 1.87 bits per heavy atom. The molecule has 0 spiro atoms. The van der Waals surface area contributed by atoms with Crippen LogP contribution in [-0.2, 0) is 0 Å². The number of hydrogen-bond acceptors (Lipinski definition) is 2. The first-order chi connectivity index (χ1) is 10.9. The normalized spacial score (nSPS) is 43.5. The number of allylic oxidation sites excluding steroid dienone is 2. The van der Waals surface area contributed by atoms with Gasteiger partial charge in [-0.2, -0.15) is 0 Å². The minimum atomic E-state index is 0.0766. The van der Waals surface area contributed by atoms with Crippen molar-refractivity contribution in [3.8, 4) is 0 Å². The average molecular weight is 319 g/mol. The third-order valence-corrected chi connectivity index (χ3v) is 7.41. The lowest BCUT2D eigenvalue weighted by Gasteiger charge is -2.59. The molecule has 130 valence electrons. The number of rotatable bonds is 3. The molecular formula is C21H34O2. The van der Waals surface area contributed by atoms with Crippen LogP contribution in [0, 0.1) is 34.5 Å². The topological polar surface area (TPSA) is 40.5 Å². The molecule has 2 fully saturated rings. The van der Waals surface area contributed by atoms with E-state index < -0.39 is 0 Å². The van der Waals surface area contributed by atoms with E-state index in [-0.39, 0.29) is 17.4 Å². The van der Waals surface area contributed by atoms with Crippen LogP contribution in [0.3, 0.4) is 0 Å². The highest BCUT2D eigenvalue weighted by Crippen LogP contribution is 2.62. The van der Waals surface area contributed by atoms with Gasteiger partial charge in [0.25, 0.3) is 0 Å². The van der Waals surface area contributed by atoms with Gasteiger partial charge in [0.15, 0.2) is 0 Å². The molecule has 5 unspecified atom stereocenters. The van der Waals surface area contributed by atoms with Gasteiger partial charge in [0.1, 0.15) is 0 Å². The van der Waals surface area contributed by atoms with Crippen LogP contribution in [0.5, 0.6) is 0 Å². The molecule has 0 radical (unpaired) electrons. The zero-order chi connectivity index (χ0) is 16.8. The lowest BCUT2D eigenvalue weighted by molar-refractivity contribution is -0.101. The van der Waals surface area contributed by atoms with Gasteiger partial charge in [-0.3, -0.25) is 0 Å². The fraction of sp³-hybridized carbons (Fsp3) is 0.810. The second-order valence-electron chi connectivity index (χ2n) is 9.12. The second-order valence-corrected chi connectivity index (χ2v) is 9.12.